The molecule has 0 unspecified atom stereocenters. The third kappa shape index (κ3) is 4.01. The number of hydrogen-bond acceptors (Lipinski definition) is 4. The van der Waals surface area contributed by atoms with Crippen LogP contribution in [-0.2, 0) is 20.1 Å². The summed E-state index contributed by atoms with van der Waals surface area (Å²) in [5.74, 6) is -0.192. The van der Waals surface area contributed by atoms with Crippen LogP contribution in [-0.4, -0.2) is 15.0 Å². The molecule has 0 heterocycles. The molecule has 1 rings (SSSR count). The van der Waals surface area contributed by atoms with E-state index in [9.17, 15) is 8.42 Å². The molecule has 0 N–H and O–H groups in total. The Morgan fingerprint density at radius 1 is 1.44 bits per heavy atom. The van der Waals surface area contributed by atoms with Crippen molar-refractivity contribution >= 4 is 10.1 Å². The highest BCUT2D eigenvalue weighted by molar-refractivity contribution is 7.85. The summed E-state index contributed by atoms with van der Waals surface area (Å²) >= 11 is 0. The lowest BCUT2D eigenvalue weighted by Crippen LogP contribution is -2.09. The van der Waals surface area contributed by atoms with Gasteiger partial charge in [0.05, 0.1) is 18.2 Å². The van der Waals surface area contributed by atoms with Crippen LogP contribution in [0.1, 0.15) is 24.5 Å². The van der Waals surface area contributed by atoms with Crippen LogP contribution in [0.3, 0.4) is 0 Å². The Labute approximate surface area is 95.6 Å². The van der Waals surface area contributed by atoms with Gasteiger partial charge in [0.15, 0.2) is 0 Å². The summed E-state index contributed by atoms with van der Waals surface area (Å²) in [5.41, 5.74) is 1.01. The summed E-state index contributed by atoms with van der Waals surface area (Å²) in [6.07, 6.45) is 0.650. The smallest absolute Gasteiger partial charge is 0.270 e. The van der Waals surface area contributed by atoms with Crippen molar-refractivity contribution in [2.24, 2.45) is 0 Å². The second-order valence-electron chi connectivity index (χ2n) is 3.34. The van der Waals surface area contributed by atoms with Crippen LogP contribution in [0.25, 0.3) is 0 Å². The molecule has 0 fully saturated rings. The molecule has 4 nitrogen and oxygen atoms in total. The largest absolute Gasteiger partial charge is 0.271 e. The number of hydrogen-bond donors (Lipinski definition) is 0. The fourth-order valence-electron chi connectivity index (χ4n) is 1.19. The molecule has 0 aliphatic carbocycles. The van der Waals surface area contributed by atoms with Gasteiger partial charge < -0.3 is 0 Å². The molecule has 0 atom stereocenters. The molecule has 0 aliphatic rings. The van der Waals surface area contributed by atoms with Crippen molar-refractivity contribution in [1.82, 2.24) is 0 Å². The molecule has 0 aliphatic heterocycles. The van der Waals surface area contributed by atoms with E-state index in [0.717, 1.165) is 0 Å². The highest BCUT2D eigenvalue weighted by Gasteiger charge is 2.12. The lowest BCUT2D eigenvalue weighted by molar-refractivity contribution is 0.317. The first kappa shape index (κ1) is 12.7. The third-order valence-corrected chi connectivity index (χ3v) is 3.08. The monoisotopic (exact) mass is 239 g/mol. The maximum absolute atomic E-state index is 11.5. The fourth-order valence-corrected chi connectivity index (χ4v) is 2.28. The van der Waals surface area contributed by atoms with E-state index in [1.165, 1.54) is 0 Å². The Balaban J connectivity index is 2.77. The predicted molar refractivity (Wildman–Crippen MR) is 60.0 cm³/mol. The standard InChI is InChI=1S/C11H13NO3S/c1-2-6-15-16(13,14)9-11-5-3-4-10(7-11)8-12/h3-5,7H,2,6,9H2,1H3. The zero-order valence-electron chi connectivity index (χ0n) is 9.01. The van der Waals surface area contributed by atoms with Gasteiger partial charge in [0, 0.05) is 0 Å². The van der Waals surface area contributed by atoms with Crippen molar-refractivity contribution < 1.29 is 12.6 Å². The molecule has 0 radical (unpaired) electrons. The van der Waals surface area contributed by atoms with E-state index in [1.807, 2.05) is 13.0 Å². The lowest BCUT2D eigenvalue weighted by atomic mass is 10.2. The van der Waals surface area contributed by atoms with E-state index in [1.54, 1.807) is 24.3 Å². The normalized spacial score (nSPS) is 11.0. The predicted octanol–water partition coefficient (Wildman–Crippen LogP) is 1.81. The molecular formula is C11H13NO3S. The van der Waals surface area contributed by atoms with Crippen molar-refractivity contribution in [3.63, 3.8) is 0 Å². The number of benzene rings is 1. The average Bonchev–Trinajstić information content (AvgIpc) is 2.26. The first-order valence-corrected chi connectivity index (χ1v) is 6.51. The molecule has 5 heteroatoms. The molecule has 86 valence electrons. The van der Waals surface area contributed by atoms with Crippen molar-refractivity contribution in [3.8, 4) is 6.07 Å². The zero-order valence-corrected chi connectivity index (χ0v) is 9.83. The Morgan fingerprint density at radius 3 is 2.81 bits per heavy atom. The van der Waals surface area contributed by atoms with E-state index in [0.29, 0.717) is 17.5 Å². The summed E-state index contributed by atoms with van der Waals surface area (Å²) < 4.78 is 27.7. The maximum atomic E-state index is 11.5. The maximum Gasteiger partial charge on any atom is 0.271 e. The van der Waals surface area contributed by atoms with E-state index in [-0.39, 0.29) is 12.4 Å². The Morgan fingerprint density at radius 2 is 2.19 bits per heavy atom. The van der Waals surface area contributed by atoms with E-state index < -0.39 is 10.1 Å². The molecule has 0 saturated carbocycles. The van der Waals surface area contributed by atoms with Crippen LogP contribution in [0.2, 0.25) is 0 Å². The van der Waals surface area contributed by atoms with Gasteiger partial charge in [-0.25, -0.2) is 0 Å². The van der Waals surface area contributed by atoms with Gasteiger partial charge in [0.25, 0.3) is 10.1 Å². The van der Waals surface area contributed by atoms with Gasteiger partial charge in [0.1, 0.15) is 5.75 Å². The number of nitriles is 1. The second kappa shape index (κ2) is 5.64. The molecule has 0 bridgehead atoms. The fraction of sp³-hybridized carbons (Fsp3) is 0.364. The van der Waals surface area contributed by atoms with Gasteiger partial charge in [-0.2, -0.15) is 13.7 Å². The zero-order chi connectivity index (χ0) is 12.0. The minimum Gasteiger partial charge on any atom is -0.270 e. The molecule has 1 aromatic carbocycles. The molecular weight excluding hydrogens is 226 g/mol. The minimum absolute atomic E-state index is 0.192. The molecule has 16 heavy (non-hydrogen) atoms. The Kier molecular flexibility index (Phi) is 4.47. The van der Waals surface area contributed by atoms with Gasteiger partial charge in [-0.1, -0.05) is 19.1 Å². The SMILES string of the molecule is CCCOS(=O)(=O)Cc1cccc(C#N)c1. The molecule has 0 saturated heterocycles. The van der Waals surface area contributed by atoms with Gasteiger partial charge in [-0.3, -0.25) is 4.18 Å². The van der Waals surface area contributed by atoms with Gasteiger partial charge >= 0.3 is 0 Å². The van der Waals surface area contributed by atoms with Crippen LogP contribution in [0.15, 0.2) is 24.3 Å². The van der Waals surface area contributed by atoms with Crippen LogP contribution in [0.4, 0.5) is 0 Å². The van der Waals surface area contributed by atoms with Crippen molar-refractivity contribution in [2.75, 3.05) is 6.61 Å². The Bertz CT molecular complexity index is 488. The van der Waals surface area contributed by atoms with E-state index >= 15 is 0 Å². The van der Waals surface area contributed by atoms with Gasteiger partial charge in [0.2, 0.25) is 0 Å². The summed E-state index contributed by atoms with van der Waals surface area (Å²) in [7, 11) is -3.53. The van der Waals surface area contributed by atoms with Crippen LogP contribution in [0, 0.1) is 11.3 Å². The lowest BCUT2D eigenvalue weighted by Gasteiger charge is -2.04. The highest BCUT2D eigenvalue weighted by Crippen LogP contribution is 2.10. The quantitative estimate of drug-likeness (QED) is 0.735. The molecule has 1 aromatic rings. The summed E-state index contributed by atoms with van der Waals surface area (Å²) in [4.78, 5) is 0. The average molecular weight is 239 g/mol. The highest BCUT2D eigenvalue weighted by atomic mass is 32.2. The number of nitrogens with zero attached hydrogens (tertiary/aromatic N) is 1. The summed E-state index contributed by atoms with van der Waals surface area (Å²) in [6, 6.07) is 8.45. The first-order valence-electron chi connectivity index (χ1n) is 4.93. The molecule has 0 amide bonds. The van der Waals surface area contributed by atoms with Gasteiger partial charge in [-0.05, 0) is 24.1 Å². The van der Waals surface area contributed by atoms with Crippen LogP contribution >= 0.6 is 0 Å². The summed E-state index contributed by atoms with van der Waals surface area (Å²) in [6.45, 7) is 2.03. The van der Waals surface area contributed by atoms with Crippen molar-refractivity contribution in [2.45, 2.75) is 19.1 Å². The van der Waals surface area contributed by atoms with Crippen LogP contribution in [0.5, 0.6) is 0 Å². The van der Waals surface area contributed by atoms with Crippen LogP contribution < -0.4 is 0 Å². The van der Waals surface area contributed by atoms with E-state index in [2.05, 4.69) is 0 Å². The topological polar surface area (TPSA) is 67.2 Å². The summed E-state index contributed by atoms with van der Waals surface area (Å²) in [5, 5.41) is 8.67. The van der Waals surface area contributed by atoms with Crippen molar-refractivity contribution in [3.05, 3.63) is 35.4 Å². The number of rotatable bonds is 5. The van der Waals surface area contributed by atoms with Crippen molar-refractivity contribution in [1.29, 1.82) is 5.26 Å². The Hall–Kier alpha value is -1.38. The minimum atomic E-state index is -3.53. The van der Waals surface area contributed by atoms with Gasteiger partial charge in [-0.15, -0.1) is 0 Å². The van der Waals surface area contributed by atoms with E-state index in [4.69, 9.17) is 9.44 Å². The second-order valence-corrected chi connectivity index (χ2v) is 4.98. The molecule has 0 aromatic heterocycles. The first-order chi connectivity index (χ1) is 7.57. The molecule has 0 spiro atoms. The third-order valence-electron chi connectivity index (χ3n) is 1.87.